The van der Waals surface area contributed by atoms with Gasteiger partial charge in [-0.3, -0.25) is 4.79 Å². The maximum Gasteiger partial charge on any atom is 0.419 e. The number of hydrogen-bond acceptors (Lipinski definition) is 6. The lowest BCUT2D eigenvalue weighted by Crippen LogP contribution is -2.13. The van der Waals surface area contributed by atoms with Crippen molar-refractivity contribution in [2.45, 2.75) is 6.18 Å². The third kappa shape index (κ3) is 3.80. The van der Waals surface area contributed by atoms with Crippen molar-refractivity contribution in [1.82, 2.24) is 15.2 Å². The first-order valence-corrected chi connectivity index (χ1v) is 8.11. The SMILES string of the molecule is COc1cc(-c2ccc(NC(=O)c3cscn3)nn2)ccc1C(F)(F)F. The van der Waals surface area contributed by atoms with Crippen LogP contribution in [0.15, 0.2) is 41.2 Å². The van der Waals surface area contributed by atoms with E-state index in [2.05, 4.69) is 20.5 Å². The van der Waals surface area contributed by atoms with Gasteiger partial charge in [0.05, 0.1) is 23.9 Å². The number of halogens is 3. The summed E-state index contributed by atoms with van der Waals surface area (Å²) in [6.07, 6.45) is -4.51. The van der Waals surface area contributed by atoms with Gasteiger partial charge >= 0.3 is 6.18 Å². The Balaban J connectivity index is 1.81. The highest BCUT2D eigenvalue weighted by Gasteiger charge is 2.34. The Labute approximate surface area is 149 Å². The van der Waals surface area contributed by atoms with E-state index in [0.717, 1.165) is 13.2 Å². The van der Waals surface area contributed by atoms with Crippen molar-refractivity contribution in [3.8, 4) is 17.0 Å². The Hall–Kier alpha value is -3.01. The number of amides is 1. The van der Waals surface area contributed by atoms with Crippen molar-refractivity contribution in [3.63, 3.8) is 0 Å². The van der Waals surface area contributed by atoms with E-state index in [1.165, 1.54) is 41.1 Å². The molecule has 0 fully saturated rings. The maximum absolute atomic E-state index is 12.9. The molecule has 1 N–H and O–H groups in total. The molecule has 2 heterocycles. The molecule has 0 bridgehead atoms. The van der Waals surface area contributed by atoms with E-state index in [1.54, 1.807) is 5.38 Å². The Morgan fingerprint density at radius 2 is 2.00 bits per heavy atom. The van der Waals surface area contributed by atoms with E-state index < -0.39 is 17.6 Å². The predicted octanol–water partition coefficient (Wildman–Crippen LogP) is 3.88. The number of hydrogen-bond donors (Lipinski definition) is 1. The lowest BCUT2D eigenvalue weighted by atomic mass is 10.1. The van der Waals surface area contributed by atoms with Gasteiger partial charge in [-0.05, 0) is 24.3 Å². The molecule has 0 aliphatic heterocycles. The number of aromatic nitrogens is 3. The fourth-order valence-electron chi connectivity index (χ4n) is 2.14. The van der Waals surface area contributed by atoms with Gasteiger partial charge in [-0.1, -0.05) is 6.07 Å². The van der Waals surface area contributed by atoms with Crippen LogP contribution in [0.4, 0.5) is 19.0 Å². The molecule has 0 aliphatic carbocycles. The van der Waals surface area contributed by atoms with Crippen LogP contribution in [0.25, 0.3) is 11.3 Å². The Morgan fingerprint density at radius 3 is 2.58 bits per heavy atom. The second-order valence-electron chi connectivity index (χ2n) is 5.04. The molecule has 3 aromatic rings. The average Bonchev–Trinajstić information content (AvgIpc) is 3.16. The van der Waals surface area contributed by atoms with Gasteiger partial charge in [-0.25, -0.2) is 4.98 Å². The number of anilines is 1. The molecular formula is C16H11F3N4O2S. The van der Waals surface area contributed by atoms with Gasteiger partial charge in [0.1, 0.15) is 11.4 Å². The number of thiazole rings is 1. The molecular weight excluding hydrogens is 369 g/mol. The Bertz CT molecular complexity index is 912. The second-order valence-corrected chi connectivity index (χ2v) is 5.76. The van der Waals surface area contributed by atoms with Crippen LogP contribution in [-0.2, 0) is 6.18 Å². The standard InChI is InChI=1S/C16H11F3N4O2S/c1-25-13-6-9(2-3-10(13)16(17,18)19)11-4-5-14(23-22-11)21-15(24)12-7-26-8-20-12/h2-8H,1H3,(H,21,23,24). The van der Waals surface area contributed by atoms with Gasteiger partial charge in [0.25, 0.3) is 5.91 Å². The van der Waals surface area contributed by atoms with Crippen LogP contribution < -0.4 is 10.1 Å². The van der Waals surface area contributed by atoms with E-state index in [-0.39, 0.29) is 17.3 Å². The molecule has 0 saturated carbocycles. The van der Waals surface area contributed by atoms with Crippen LogP contribution in [0.1, 0.15) is 16.1 Å². The zero-order valence-corrected chi connectivity index (χ0v) is 14.1. The molecule has 3 rings (SSSR count). The molecule has 1 aromatic carbocycles. The summed E-state index contributed by atoms with van der Waals surface area (Å²) in [5.74, 6) is -0.534. The topological polar surface area (TPSA) is 77.0 Å². The maximum atomic E-state index is 12.9. The number of carbonyl (C=O) groups excluding carboxylic acids is 1. The summed E-state index contributed by atoms with van der Waals surface area (Å²) in [7, 11) is 1.16. The highest BCUT2D eigenvalue weighted by molar-refractivity contribution is 7.07. The van der Waals surface area contributed by atoms with Crippen molar-refractivity contribution in [3.05, 3.63) is 52.5 Å². The molecule has 0 unspecified atom stereocenters. The highest BCUT2D eigenvalue weighted by Crippen LogP contribution is 2.38. The van der Waals surface area contributed by atoms with E-state index in [0.29, 0.717) is 11.3 Å². The van der Waals surface area contributed by atoms with E-state index >= 15 is 0 Å². The highest BCUT2D eigenvalue weighted by atomic mass is 32.1. The summed E-state index contributed by atoms with van der Waals surface area (Å²) in [6.45, 7) is 0. The molecule has 1 amide bonds. The van der Waals surface area contributed by atoms with E-state index in [9.17, 15) is 18.0 Å². The third-order valence-corrected chi connectivity index (χ3v) is 3.96. The number of ether oxygens (including phenoxy) is 1. The summed E-state index contributed by atoms with van der Waals surface area (Å²) in [6, 6.07) is 6.47. The number of alkyl halides is 3. The molecule has 10 heteroatoms. The van der Waals surface area contributed by atoms with Crippen LogP contribution in [0, 0.1) is 0 Å². The molecule has 2 aromatic heterocycles. The van der Waals surface area contributed by atoms with Crippen molar-refractivity contribution >= 4 is 23.1 Å². The quantitative estimate of drug-likeness (QED) is 0.743. The largest absolute Gasteiger partial charge is 0.496 e. The summed E-state index contributed by atoms with van der Waals surface area (Å²) >= 11 is 1.28. The lowest BCUT2D eigenvalue weighted by molar-refractivity contribution is -0.138. The van der Waals surface area contributed by atoms with Gasteiger partial charge in [0.2, 0.25) is 0 Å². The lowest BCUT2D eigenvalue weighted by Gasteiger charge is -2.13. The van der Waals surface area contributed by atoms with Gasteiger partial charge in [0, 0.05) is 10.9 Å². The van der Waals surface area contributed by atoms with Crippen LogP contribution in [0.5, 0.6) is 5.75 Å². The van der Waals surface area contributed by atoms with E-state index in [4.69, 9.17) is 4.74 Å². The minimum absolute atomic E-state index is 0.200. The van der Waals surface area contributed by atoms with Gasteiger partial charge in [-0.15, -0.1) is 21.5 Å². The first-order valence-electron chi connectivity index (χ1n) is 7.17. The normalized spacial score (nSPS) is 11.2. The number of methoxy groups -OCH3 is 1. The molecule has 0 aliphatic rings. The summed E-state index contributed by atoms with van der Waals surface area (Å²) < 4.78 is 43.5. The molecule has 0 saturated heterocycles. The van der Waals surface area contributed by atoms with Crippen molar-refractivity contribution in [2.24, 2.45) is 0 Å². The Morgan fingerprint density at radius 1 is 1.19 bits per heavy atom. The smallest absolute Gasteiger partial charge is 0.419 e. The van der Waals surface area contributed by atoms with Crippen molar-refractivity contribution in [1.29, 1.82) is 0 Å². The van der Waals surface area contributed by atoms with Crippen LogP contribution in [0.3, 0.4) is 0 Å². The van der Waals surface area contributed by atoms with Crippen LogP contribution >= 0.6 is 11.3 Å². The number of carbonyl (C=O) groups is 1. The number of benzene rings is 1. The summed E-state index contributed by atoms with van der Waals surface area (Å²) in [5, 5.41) is 11.9. The fourth-order valence-corrected chi connectivity index (χ4v) is 2.67. The third-order valence-electron chi connectivity index (χ3n) is 3.37. The second kappa shape index (κ2) is 7.08. The minimum Gasteiger partial charge on any atom is -0.496 e. The van der Waals surface area contributed by atoms with E-state index in [1.807, 2.05) is 0 Å². The summed E-state index contributed by atoms with van der Waals surface area (Å²) in [4.78, 5) is 15.8. The zero-order chi connectivity index (χ0) is 18.7. The number of rotatable bonds is 4. The van der Waals surface area contributed by atoms with Gasteiger partial charge in [0.15, 0.2) is 5.82 Å². The monoisotopic (exact) mass is 380 g/mol. The minimum atomic E-state index is -4.51. The fraction of sp³-hybridized carbons (Fsp3) is 0.125. The number of nitrogens with zero attached hydrogens (tertiary/aromatic N) is 3. The van der Waals surface area contributed by atoms with Crippen molar-refractivity contribution in [2.75, 3.05) is 12.4 Å². The van der Waals surface area contributed by atoms with Crippen LogP contribution in [-0.4, -0.2) is 28.2 Å². The summed E-state index contributed by atoms with van der Waals surface area (Å²) in [5.41, 5.74) is 1.66. The van der Waals surface area contributed by atoms with Gasteiger partial charge < -0.3 is 10.1 Å². The predicted molar refractivity (Wildman–Crippen MR) is 89.1 cm³/mol. The molecule has 26 heavy (non-hydrogen) atoms. The molecule has 0 radical (unpaired) electrons. The first-order chi connectivity index (χ1) is 12.4. The average molecular weight is 380 g/mol. The van der Waals surface area contributed by atoms with Gasteiger partial charge in [-0.2, -0.15) is 13.2 Å². The number of nitrogens with one attached hydrogen (secondary N) is 1. The zero-order valence-electron chi connectivity index (χ0n) is 13.2. The molecule has 6 nitrogen and oxygen atoms in total. The van der Waals surface area contributed by atoms with Crippen LogP contribution in [0.2, 0.25) is 0 Å². The molecule has 134 valence electrons. The molecule has 0 atom stereocenters. The van der Waals surface area contributed by atoms with Crippen molar-refractivity contribution < 1.29 is 22.7 Å². The molecule has 0 spiro atoms. The first kappa shape index (κ1) is 17.8. The Kier molecular flexibility index (Phi) is 4.85.